The fourth-order valence-electron chi connectivity index (χ4n) is 1.89. The summed E-state index contributed by atoms with van der Waals surface area (Å²) in [5.41, 5.74) is 6.57. The molecule has 0 unspecified atom stereocenters. The van der Waals surface area contributed by atoms with Gasteiger partial charge < -0.3 is 10.5 Å². The lowest BCUT2D eigenvalue weighted by Gasteiger charge is -2.08. The predicted octanol–water partition coefficient (Wildman–Crippen LogP) is 2.94. The van der Waals surface area contributed by atoms with Crippen molar-refractivity contribution in [1.29, 1.82) is 0 Å². The van der Waals surface area contributed by atoms with E-state index < -0.39 is 0 Å². The van der Waals surface area contributed by atoms with Crippen LogP contribution in [-0.2, 0) is 13.7 Å². The van der Waals surface area contributed by atoms with Crippen LogP contribution in [0.15, 0.2) is 28.9 Å². The molecule has 3 rings (SSSR count). The van der Waals surface area contributed by atoms with Crippen molar-refractivity contribution < 1.29 is 4.74 Å². The van der Waals surface area contributed by atoms with E-state index in [1.807, 2.05) is 6.07 Å². The maximum absolute atomic E-state index is 6.10. The van der Waals surface area contributed by atoms with Crippen LogP contribution < -0.4 is 10.5 Å². The summed E-state index contributed by atoms with van der Waals surface area (Å²) in [6, 6.07) is 5.38. The number of hydrogen-bond acceptors (Lipinski definition) is 5. The highest BCUT2D eigenvalue weighted by Gasteiger charge is 2.10. The van der Waals surface area contributed by atoms with Gasteiger partial charge >= 0.3 is 0 Å². The zero-order chi connectivity index (χ0) is 15.0. The minimum atomic E-state index is 0.173. The minimum Gasteiger partial charge on any atom is -0.484 e. The topological polar surface area (TPSA) is 78.9 Å². The SMILES string of the molecule is Cn1ncc2c(N)nc(COc3ccc(Br)cc3Cl)nc21. The number of hydrogen-bond donors (Lipinski definition) is 1. The van der Waals surface area contributed by atoms with Gasteiger partial charge in [-0.05, 0) is 18.2 Å². The first-order valence-corrected chi connectivity index (χ1v) is 7.23. The Morgan fingerprint density at radius 1 is 1.38 bits per heavy atom. The summed E-state index contributed by atoms with van der Waals surface area (Å²) in [5, 5.41) is 5.34. The molecular weight excluding hydrogens is 358 g/mol. The van der Waals surface area contributed by atoms with Gasteiger partial charge in [-0.15, -0.1) is 0 Å². The molecule has 0 bridgehead atoms. The van der Waals surface area contributed by atoms with E-state index in [0.29, 0.717) is 28.1 Å². The second kappa shape index (κ2) is 5.50. The van der Waals surface area contributed by atoms with Crippen molar-refractivity contribution in [2.24, 2.45) is 7.05 Å². The molecule has 0 saturated carbocycles. The van der Waals surface area contributed by atoms with Crippen LogP contribution in [0.2, 0.25) is 5.02 Å². The number of fused-ring (bicyclic) bond motifs is 1. The van der Waals surface area contributed by atoms with E-state index in [2.05, 4.69) is 31.0 Å². The molecule has 2 N–H and O–H groups in total. The molecule has 2 heterocycles. The van der Waals surface area contributed by atoms with Gasteiger partial charge in [-0.25, -0.2) is 9.97 Å². The summed E-state index contributed by atoms with van der Waals surface area (Å²) in [5.74, 6) is 1.42. The van der Waals surface area contributed by atoms with Crippen molar-refractivity contribution in [3.05, 3.63) is 39.7 Å². The van der Waals surface area contributed by atoms with Gasteiger partial charge in [0, 0.05) is 11.5 Å². The zero-order valence-electron chi connectivity index (χ0n) is 11.0. The van der Waals surface area contributed by atoms with E-state index in [4.69, 9.17) is 22.1 Å². The zero-order valence-corrected chi connectivity index (χ0v) is 13.4. The lowest BCUT2D eigenvalue weighted by atomic mass is 10.3. The third-order valence-corrected chi connectivity index (χ3v) is 3.71. The molecule has 0 atom stereocenters. The van der Waals surface area contributed by atoms with Crippen LogP contribution in [0.3, 0.4) is 0 Å². The molecular formula is C13H11BrClN5O. The number of nitrogen functional groups attached to an aromatic ring is 1. The number of aryl methyl sites for hydroxylation is 1. The van der Waals surface area contributed by atoms with Gasteiger partial charge in [-0.3, -0.25) is 4.68 Å². The van der Waals surface area contributed by atoms with Crippen LogP contribution in [0.25, 0.3) is 11.0 Å². The van der Waals surface area contributed by atoms with Crippen LogP contribution in [0.1, 0.15) is 5.82 Å². The first-order valence-electron chi connectivity index (χ1n) is 6.06. The number of rotatable bonds is 3. The molecule has 21 heavy (non-hydrogen) atoms. The van der Waals surface area contributed by atoms with E-state index in [9.17, 15) is 0 Å². The highest BCUT2D eigenvalue weighted by atomic mass is 79.9. The molecule has 6 nitrogen and oxygen atoms in total. The van der Waals surface area contributed by atoms with E-state index >= 15 is 0 Å². The Morgan fingerprint density at radius 2 is 2.19 bits per heavy atom. The van der Waals surface area contributed by atoms with Crippen LogP contribution in [0.4, 0.5) is 5.82 Å². The van der Waals surface area contributed by atoms with Crippen LogP contribution in [-0.4, -0.2) is 19.7 Å². The smallest absolute Gasteiger partial charge is 0.170 e. The number of halogens is 2. The van der Waals surface area contributed by atoms with E-state index in [-0.39, 0.29) is 6.61 Å². The Kier molecular flexibility index (Phi) is 3.69. The molecule has 0 saturated heterocycles. The Labute approximate surface area is 134 Å². The first-order chi connectivity index (χ1) is 10.0. The summed E-state index contributed by atoms with van der Waals surface area (Å²) in [6.45, 7) is 0.173. The molecule has 0 amide bonds. The fraction of sp³-hybridized carbons (Fsp3) is 0.154. The number of aromatic nitrogens is 4. The second-order valence-corrected chi connectivity index (χ2v) is 5.72. The highest BCUT2D eigenvalue weighted by Crippen LogP contribution is 2.28. The van der Waals surface area contributed by atoms with Gasteiger partial charge in [0.15, 0.2) is 11.5 Å². The molecule has 108 valence electrons. The lowest BCUT2D eigenvalue weighted by molar-refractivity contribution is 0.296. The van der Waals surface area contributed by atoms with Crippen molar-refractivity contribution in [3.8, 4) is 5.75 Å². The van der Waals surface area contributed by atoms with E-state index in [1.54, 1.807) is 30.1 Å². The van der Waals surface area contributed by atoms with Crippen LogP contribution >= 0.6 is 27.5 Å². The number of anilines is 1. The highest BCUT2D eigenvalue weighted by molar-refractivity contribution is 9.10. The molecule has 0 spiro atoms. The summed E-state index contributed by atoms with van der Waals surface area (Å²) < 4.78 is 8.16. The van der Waals surface area contributed by atoms with Gasteiger partial charge in [-0.2, -0.15) is 5.10 Å². The van der Waals surface area contributed by atoms with Crippen molar-refractivity contribution >= 4 is 44.4 Å². The number of ether oxygens (including phenoxy) is 1. The maximum Gasteiger partial charge on any atom is 0.170 e. The van der Waals surface area contributed by atoms with E-state index in [1.165, 1.54) is 0 Å². The summed E-state index contributed by atoms with van der Waals surface area (Å²) >= 11 is 9.44. The Balaban J connectivity index is 1.86. The summed E-state index contributed by atoms with van der Waals surface area (Å²) in [6.07, 6.45) is 1.64. The van der Waals surface area contributed by atoms with Crippen molar-refractivity contribution in [1.82, 2.24) is 19.7 Å². The number of nitrogens with zero attached hydrogens (tertiary/aromatic N) is 4. The third-order valence-electron chi connectivity index (χ3n) is 2.92. The molecule has 1 aromatic carbocycles. The number of benzene rings is 1. The van der Waals surface area contributed by atoms with Gasteiger partial charge in [0.2, 0.25) is 0 Å². The normalized spacial score (nSPS) is 11.0. The Hall–Kier alpha value is -1.86. The van der Waals surface area contributed by atoms with Crippen molar-refractivity contribution in [2.45, 2.75) is 6.61 Å². The molecule has 0 fully saturated rings. The number of nitrogens with two attached hydrogens (primary N) is 1. The standard InChI is InChI=1S/C13H11BrClN5O/c1-20-13-8(5-17-20)12(16)18-11(19-13)6-21-10-3-2-7(14)4-9(10)15/h2-5H,6H2,1H3,(H2,16,18,19). The van der Waals surface area contributed by atoms with Crippen molar-refractivity contribution in [3.63, 3.8) is 0 Å². The van der Waals surface area contributed by atoms with Gasteiger partial charge in [0.05, 0.1) is 16.6 Å². The summed E-state index contributed by atoms with van der Waals surface area (Å²) in [4.78, 5) is 8.60. The predicted molar refractivity (Wildman–Crippen MR) is 84.2 cm³/mol. The van der Waals surface area contributed by atoms with Crippen LogP contribution in [0, 0.1) is 0 Å². The Morgan fingerprint density at radius 3 is 2.95 bits per heavy atom. The molecule has 2 aromatic heterocycles. The Bertz CT molecular complexity index is 820. The van der Waals surface area contributed by atoms with Gasteiger partial charge in [0.25, 0.3) is 0 Å². The maximum atomic E-state index is 6.10. The van der Waals surface area contributed by atoms with Crippen LogP contribution in [0.5, 0.6) is 5.75 Å². The first kappa shape index (κ1) is 14.1. The third kappa shape index (κ3) is 2.79. The van der Waals surface area contributed by atoms with E-state index in [0.717, 1.165) is 9.86 Å². The minimum absolute atomic E-state index is 0.173. The molecule has 0 aliphatic carbocycles. The molecule has 0 aliphatic rings. The quantitative estimate of drug-likeness (QED) is 0.769. The average molecular weight is 369 g/mol. The molecule has 3 aromatic rings. The monoisotopic (exact) mass is 367 g/mol. The molecule has 8 heteroatoms. The largest absolute Gasteiger partial charge is 0.484 e. The molecule has 0 aliphatic heterocycles. The fourth-order valence-corrected chi connectivity index (χ4v) is 2.62. The van der Waals surface area contributed by atoms with Gasteiger partial charge in [-0.1, -0.05) is 27.5 Å². The van der Waals surface area contributed by atoms with Gasteiger partial charge in [0.1, 0.15) is 18.2 Å². The second-order valence-electron chi connectivity index (χ2n) is 4.39. The lowest BCUT2D eigenvalue weighted by Crippen LogP contribution is -2.06. The summed E-state index contributed by atoms with van der Waals surface area (Å²) in [7, 11) is 1.80. The average Bonchev–Trinajstić information content (AvgIpc) is 2.80. The van der Waals surface area contributed by atoms with Crippen molar-refractivity contribution in [2.75, 3.05) is 5.73 Å². The molecule has 0 radical (unpaired) electrons.